The lowest BCUT2D eigenvalue weighted by atomic mass is 10.0. The number of carbonyl (C=O) groups excluding carboxylic acids is 12. The third-order valence-corrected chi connectivity index (χ3v) is 21.1. The van der Waals surface area contributed by atoms with Crippen LogP contribution in [0, 0.1) is 78.7 Å². The van der Waals surface area contributed by atoms with E-state index in [0.717, 1.165) is 0 Å². The van der Waals surface area contributed by atoms with Crippen LogP contribution in [0.5, 0.6) is 0 Å². The van der Waals surface area contributed by atoms with E-state index < -0.39 is 71.3 Å². The fourth-order valence-electron chi connectivity index (χ4n) is 14.7. The van der Waals surface area contributed by atoms with Gasteiger partial charge in [-0.05, 0) is 209 Å². The van der Waals surface area contributed by atoms with Crippen molar-refractivity contribution in [3.8, 4) is 0 Å². The molecule has 706 valence electrons. The Morgan fingerprint density at radius 1 is 0.374 bits per heavy atom. The molecule has 0 bridgehead atoms. The number of rotatable bonds is 28. The number of aryl methyl sites for hydroxylation is 4. The molecule has 18 N–H and O–H groups in total. The first kappa shape index (κ1) is 108. The Morgan fingerprint density at radius 2 is 0.618 bits per heavy atom. The predicted molar refractivity (Wildman–Crippen MR) is 500 cm³/mol. The minimum absolute atomic E-state index is 0. The maximum Gasteiger partial charge on any atom is 0.256 e. The number of benzene rings is 4. The fraction of sp³-hybridized carbons (Fsp3) is 0.368. The van der Waals surface area contributed by atoms with Gasteiger partial charge in [-0.1, -0.05) is 29.7 Å². The molecule has 4 atom stereocenters. The molecule has 0 fully saturated rings. The molecule has 36 heteroatoms. The smallest absolute Gasteiger partial charge is 0.256 e. The summed E-state index contributed by atoms with van der Waals surface area (Å²) in [5.41, 5.74) is 13.6. The number of hydrogen-bond acceptors (Lipinski definition) is 16. The molecule has 131 heavy (non-hydrogen) atoms. The summed E-state index contributed by atoms with van der Waals surface area (Å²) in [7, 11) is 3.18. The number of nitrogens with zero attached hydrogens (tertiary/aromatic N) is 2. The number of aliphatic hydroxyl groups excluding tert-OH is 4. The van der Waals surface area contributed by atoms with E-state index in [0.29, 0.717) is 177 Å². The van der Waals surface area contributed by atoms with Crippen molar-refractivity contribution in [1.82, 2.24) is 61.6 Å². The number of carbonyl (C=O) groups is 12. The highest BCUT2D eigenvalue weighted by Crippen LogP contribution is 2.39. The molecule has 12 rings (SSSR count). The van der Waals surface area contributed by atoms with E-state index in [-0.39, 0.29) is 135 Å². The molecule has 0 saturated heterocycles. The highest BCUT2D eigenvalue weighted by Gasteiger charge is 2.33. The lowest BCUT2D eigenvalue weighted by Crippen LogP contribution is -2.38. The molecular weight excluding hydrogens is 1700 g/mol. The fourth-order valence-corrected chi connectivity index (χ4v) is 14.7. The summed E-state index contributed by atoms with van der Waals surface area (Å²) in [6.07, 6.45) is 1.92. The lowest BCUT2D eigenvalue weighted by Gasteiger charge is -2.20. The van der Waals surface area contributed by atoms with Crippen molar-refractivity contribution < 1.29 is 95.5 Å². The van der Waals surface area contributed by atoms with Gasteiger partial charge < -0.3 is 103 Å². The molecule has 0 radical (unpaired) electrons. The van der Waals surface area contributed by atoms with Crippen molar-refractivity contribution in [2.45, 2.75) is 176 Å². The summed E-state index contributed by atoms with van der Waals surface area (Å²) in [6, 6.07) is 16.2. The first-order chi connectivity index (χ1) is 60.0. The highest BCUT2D eigenvalue weighted by molar-refractivity contribution is 6.37. The molecule has 8 aromatic rings. The van der Waals surface area contributed by atoms with Crippen LogP contribution in [-0.2, 0) is 38.4 Å². The van der Waals surface area contributed by atoms with Crippen molar-refractivity contribution in [1.29, 1.82) is 0 Å². The zero-order valence-electron chi connectivity index (χ0n) is 73.0. The molecule has 4 aromatic heterocycles. The molecular formula is C95H122F4N16O16. The third-order valence-electron chi connectivity index (χ3n) is 21.1. The number of aromatic nitrogens is 4. The van der Waals surface area contributed by atoms with E-state index in [1.54, 1.807) is 106 Å². The van der Waals surface area contributed by atoms with E-state index in [9.17, 15) is 95.5 Å². The van der Waals surface area contributed by atoms with Gasteiger partial charge in [0.25, 0.3) is 47.3 Å². The van der Waals surface area contributed by atoms with Crippen molar-refractivity contribution in [3.05, 3.63) is 208 Å². The van der Waals surface area contributed by atoms with Gasteiger partial charge in [-0.2, -0.15) is 0 Å². The normalized spacial score (nSPS) is 14.4. The van der Waals surface area contributed by atoms with Gasteiger partial charge in [-0.3, -0.25) is 57.5 Å². The second kappa shape index (κ2) is 47.5. The number of aliphatic hydroxyl groups is 4. The predicted octanol–water partition coefficient (Wildman–Crippen LogP) is 11.1. The molecule has 32 nitrogen and oxygen atoms in total. The first-order valence-electron chi connectivity index (χ1n) is 41.0. The minimum Gasteiger partial charge on any atom is -0.391 e. The molecule has 0 spiro atoms. The average Bonchev–Trinajstić information content (AvgIpc) is 1.64. The van der Waals surface area contributed by atoms with E-state index in [1.807, 2.05) is 27.7 Å². The molecule has 4 aromatic carbocycles. The van der Waals surface area contributed by atoms with Gasteiger partial charge in [0, 0.05) is 157 Å². The Kier molecular flexibility index (Phi) is 39.0. The van der Waals surface area contributed by atoms with Crippen LogP contribution < -0.4 is 53.2 Å². The number of H-pyrrole nitrogens is 4. The van der Waals surface area contributed by atoms with Crippen LogP contribution >= 0.6 is 0 Å². The summed E-state index contributed by atoms with van der Waals surface area (Å²) in [4.78, 5) is 163. The van der Waals surface area contributed by atoms with Gasteiger partial charge in [0.05, 0.1) is 94.6 Å². The summed E-state index contributed by atoms with van der Waals surface area (Å²) in [5.74, 6) is -5.85. The first-order valence-corrected chi connectivity index (χ1v) is 41.0. The van der Waals surface area contributed by atoms with Gasteiger partial charge in [-0.25, -0.2) is 17.6 Å². The second-order valence-electron chi connectivity index (χ2n) is 31.3. The van der Waals surface area contributed by atoms with Crippen LogP contribution in [0.15, 0.2) is 72.8 Å². The molecule has 8 heterocycles. The van der Waals surface area contributed by atoms with E-state index >= 15 is 0 Å². The maximum absolute atomic E-state index is 13.7. The minimum atomic E-state index is -1.02. The highest BCUT2D eigenvalue weighted by atomic mass is 19.1. The summed E-state index contributed by atoms with van der Waals surface area (Å²) >= 11 is 0. The van der Waals surface area contributed by atoms with Gasteiger partial charge in [0.1, 0.15) is 23.3 Å². The Hall–Kier alpha value is -13.8. The van der Waals surface area contributed by atoms with Crippen molar-refractivity contribution in [2.24, 2.45) is 0 Å². The van der Waals surface area contributed by atoms with E-state index in [2.05, 4.69) is 73.1 Å². The number of aromatic amines is 4. The number of anilines is 4. The summed E-state index contributed by atoms with van der Waals surface area (Å²) in [6.45, 7) is 24.3. The van der Waals surface area contributed by atoms with E-state index in [1.165, 1.54) is 77.7 Å². The molecule has 12 amide bonds. The standard InChI is InChI=1S/C24H29FN4O4.C23H27FN4O4.2C22H25FN4O4.4CH4/c1-5-29(6-2)21(31)10-16(30)12-26-24(33)22-13(3)20(27-14(22)4)11-18-17-9-15(25)7-8-19(17)28-23(18)32;1-11(2)26-20(30)8-15(29)10-25-23(32)21-12(3)19(27-13(21)4)9-17-16-7-14(24)5-6-18(16)28-22(17)31;1-11-18(9-16-15-7-13(23)5-6-17(15)26-21(16)30)25-12(2)20(11)22(31)24-10-14(28)8-19(29)27(3)4;1-4-24-19(29)8-14(28)10-25-22(31)20-11(2)18(26-12(20)3)9-16-15-7-13(23)5-6-17(15)27-21(16)30;;;;/h7-9,11,16,27,30H,5-6,10,12H2,1-4H3,(H,26,33)(H,28,32);5-7,9,11,15,27,29H,8,10H2,1-4H3,(H,25,32)(H,26,30)(H,28,31);5-7,9,14,25,28H,8,10H2,1-4H3,(H,24,31)(H,26,30);5-7,9,14,26,28H,4,8,10H2,1-3H3,(H,24,29)(H,25,31)(H,27,30);4*1H4/b18-11-;17-9-;2*16-9-;;;;. The largest absolute Gasteiger partial charge is 0.391 e. The van der Waals surface area contributed by atoms with Gasteiger partial charge in [0.15, 0.2) is 0 Å². The Bertz CT molecular complexity index is 5770. The monoisotopic (exact) mass is 1820 g/mol. The summed E-state index contributed by atoms with van der Waals surface area (Å²) < 4.78 is 54.7. The van der Waals surface area contributed by atoms with Gasteiger partial charge >= 0.3 is 0 Å². The quantitative estimate of drug-likeness (QED) is 0.0160. The average molecular weight is 1820 g/mol. The third kappa shape index (κ3) is 26.9. The zero-order chi connectivity index (χ0) is 93.4. The maximum atomic E-state index is 13.7. The second-order valence-corrected chi connectivity index (χ2v) is 31.3. The van der Waals surface area contributed by atoms with Crippen molar-refractivity contribution in [2.75, 3.05) is 81.2 Å². The number of amides is 12. The molecule has 4 aliphatic heterocycles. The molecule has 0 saturated carbocycles. The summed E-state index contributed by atoms with van der Waals surface area (Å²) in [5, 5.41) is 66.8. The molecule has 4 unspecified atom stereocenters. The molecule has 4 aliphatic rings. The van der Waals surface area contributed by atoms with Crippen LogP contribution in [-0.4, -0.2) is 211 Å². The van der Waals surface area contributed by atoms with Crippen LogP contribution in [0.25, 0.3) is 46.6 Å². The number of nitrogens with one attached hydrogen (secondary N) is 14. The Labute approximate surface area is 759 Å². The zero-order valence-corrected chi connectivity index (χ0v) is 73.0. The van der Waals surface area contributed by atoms with Crippen LogP contribution in [0.2, 0.25) is 0 Å². The van der Waals surface area contributed by atoms with Crippen LogP contribution in [0.3, 0.4) is 0 Å². The van der Waals surface area contributed by atoms with Crippen molar-refractivity contribution >= 4 is 140 Å². The van der Waals surface area contributed by atoms with Crippen molar-refractivity contribution in [3.63, 3.8) is 0 Å². The van der Waals surface area contributed by atoms with Crippen LogP contribution in [0.1, 0.15) is 221 Å². The van der Waals surface area contributed by atoms with Gasteiger partial charge in [0.2, 0.25) is 23.6 Å². The van der Waals surface area contributed by atoms with Gasteiger partial charge in [-0.15, -0.1) is 0 Å². The SMILES string of the molecule is C.C.C.C.CCN(CC)C(=O)CC(O)CNC(=O)c1c(C)[nH]c(/C=C2\C(=O)Nc3ccc(F)cc32)c1C.CCNC(=O)CC(O)CNC(=O)c1c(C)[nH]c(/C=C2\C(=O)Nc3ccc(F)cc32)c1C.Cc1[nH]c(/C=C2\C(=O)Nc3ccc(F)cc32)c(C)c1C(=O)NCC(O)CC(=O)N(C)C.Cc1[nH]c(/C=C2\C(=O)Nc3ccc(F)cc32)c(C)c1C(=O)NCC(O)CC(=O)NC(C)C. The topological polar surface area (TPSA) is 476 Å². The molecule has 0 aliphatic carbocycles. The lowest BCUT2D eigenvalue weighted by molar-refractivity contribution is -0.133. The number of halogens is 4. The number of hydrogen-bond donors (Lipinski definition) is 18. The van der Waals surface area contributed by atoms with Crippen LogP contribution in [0.4, 0.5) is 40.3 Å². The Balaban J connectivity index is 0.000000306. The Morgan fingerprint density at radius 3 is 0.855 bits per heavy atom. The number of fused-ring (bicyclic) bond motifs is 4. The van der Waals surface area contributed by atoms with E-state index in [4.69, 9.17) is 0 Å².